The van der Waals surface area contributed by atoms with Crippen molar-refractivity contribution in [2.24, 2.45) is 5.92 Å². The molecule has 0 saturated carbocycles. The van der Waals surface area contributed by atoms with Crippen LogP contribution in [0.1, 0.15) is 46.0 Å². The first-order valence-corrected chi connectivity index (χ1v) is 7.21. The maximum Gasteiger partial charge on any atom is 0.0218 e. The van der Waals surface area contributed by atoms with E-state index in [-0.39, 0.29) is 0 Å². The highest BCUT2D eigenvalue weighted by molar-refractivity contribution is 9.09. The number of alkyl halides is 1. The van der Waals surface area contributed by atoms with Crippen molar-refractivity contribution in [1.82, 2.24) is 4.90 Å². The second-order valence-electron chi connectivity index (χ2n) is 4.58. The van der Waals surface area contributed by atoms with Gasteiger partial charge in [0, 0.05) is 11.4 Å². The number of halogens is 1. The SMILES string of the molecule is CCCCCCN1CCC(C)C1CBr. The second-order valence-corrected chi connectivity index (χ2v) is 5.23. The van der Waals surface area contributed by atoms with E-state index in [1.54, 1.807) is 0 Å². The highest BCUT2D eigenvalue weighted by Gasteiger charge is 2.29. The van der Waals surface area contributed by atoms with Gasteiger partial charge in [0.2, 0.25) is 0 Å². The molecule has 14 heavy (non-hydrogen) atoms. The third kappa shape index (κ3) is 3.54. The average molecular weight is 262 g/mol. The molecule has 1 fully saturated rings. The van der Waals surface area contributed by atoms with Crippen LogP contribution in [-0.2, 0) is 0 Å². The van der Waals surface area contributed by atoms with Gasteiger partial charge in [-0.2, -0.15) is 0 Å². The molecule has 84 valence electrons. The number of likely N-dealkylation sites (tertiary alicyclic amines) is 1. The maximum absolute atomic E-state index is 3.64. The molecule has 1 rings (SSSR count). The lowest BCUT2D eigenvalue weighted by molar-refractivity contribution is 0.247. The van der Waals surface area contributed by atoms with Crippen molar-refractivity contribution in [3.63, 3.8) is 0 Å². The third-order valence-electron chi connectivity index (χ3n) is 3.45. The van der Waals surface area contributed by atoms with Crippen LogP contribution in [0.4, 0.5) is 0 Å². The number of nitrogens with zero attached hydrogens (tertiary/aromatic N) is 1. The fourth-order valence-electron chi connectivity index (χ4n) is 2.36. The summed E-state index contributed by atoms with van der Waals surface area (Å²) in [6.45, 7) is 7.31. The minimum Gasteiger partial charge on any atom is -0.299 e. The zero-order valence-electron chi connectivity index (χ0n) is 9.64. The second kappa shape index (κ2) is 6.84. The van der Waals surface area contributed by atoms with E-state index in [4.69, 9.17) is 0 Å². The maximum atomic E-state index is 3.64. The highest BCUT2D eigenvalue weighted by atomic mass is 79.9. The molecule has 0 amide bonds. The minimum absolute atomic E-state index is 0.802. The fourth-order valence-corrected chi connectivity index (χ4v) is 3.40. The van der Waals surface area contributed by atoms with Gasteiger partial charge in [0.1, 0.15) is 0 Å². The molecule has 0 N–H and O–H groups in total. The van der Waals surface area contributed by atoms with Gasteiger partial charge in [-0.1, -0.05) is 49.0 Å². The summed E-state index contributed by atoms with van der Waals surface area (Å²) in [6, 6.07) is 0.802. The summed E-state index contributed by atoms with van der Waals surface area (Å²) < 4.78 is 0. The van der Waals surface area contributed by atoms with Gasteiger partial charge in [0.25, 0.3) is 0 Å². The van der Waals surface area contributed by atoms with Crippen molar-refractivity contribution in [1.29, 1.82) is 0 Å². The standard InChI is InChI=1S/C12H24BrN/c1-3-4-5-6-8-14-9-7-11(2)12(14)10-13/h11-12H,3-10H2,1-2H3. The molecule has 0 aliphatic carbocycles. The lowest BCUT2D eigenvalue weighted by Gasteiger charge is -2.24. The molecule has 2 atom stereocenters. The van der Waals surface area contributed by atoms with Crippen LogP contribution in [0.3, 0.4) is 0 Å². The predicted octanol–water partition coefficient (Wildman–Crippen LogP) is 3.67. The lowest BCUT2D eigenvalue weighted by atomic mass is 10.1. The number of unbranched alkanes of at least 4 members (excludes halogenated alkanes) is 3. The van der Waals surface area contributed by atoms with E-state index >= 15 is 0 Å². The van der Waals surface area contributed by atoms with E-state index in [2.05, 4.69) is 34.7 Å². The summed E-state index contributed by atoms with van der Waals surface area (Å²) in [4.78, 5) is 2.68. The number of rotatable bonds is 6. The molecule has 0 aromatic carbocycles. The number of hydrogen-bond donors (Lipinski definition) is 0. The largest absolute Gasteiger partial charge is 0.299 e. The molecule has 1 saturated heterocycles. The average Bonchev–Trinajstić information content (AvgIpc) is 2.54. The Kier molecular flexibility index (Phi) is 6.11. The Labute approximate surface area is 97.4 Å². The van der Waals surface area contributed by atoms with E-state index < -0.39 is 0 Å². The molecule has 1 aliphatic heterocycles. The molecule has 0 aromatic rings. The van der Waals surface area contributed by atoms with E-state index in [0.717, 1.165) is 17.3 Å². The van der Waals surface area contributed by atoms with Crippen LogP contribution in [0, 0.1) is 5.92 Å². The Balaban J connectivity index is 2.17. The molecule has 0 aromatic heterocycles. The van der Waals surface area contributed by atoms with Gasteiger partial charge in [0.05, 0.1) is 0 Å². The van der Waals surface area contributed by atoms with Crippen molar-refractivity contribution in [2.45, 2.75) is 52.0 Å². The predicted molar refractivity (Wildman–Crippen MR) is 67.1 cm³/mol. The Morgan fingerprint density at radius 2 is 2.07 bits per heavy atom. The molecule has 0 bridgehead atoms. The first kappa shape index (κ1) is 12.5. The van der Waals surface area contributed by atoms with Crippen LogP contribution in [0.25, 0.3) is 0 Å². The summed E-state index contributed by atoms with van der Waals surface area (Å²) >= 11 is 3.64. The topological polar surface area (TPSA) is 3.24 Å². The van der Waals surface area contributed by atoms with Gasteiger partial charge < -0.3 is 0 Å². The molecule has 0 radical (unpaired) electrons. The van der Waals surface area contributed by atoms with Crippen molar-refractivity contribution in [3.05, 3.63) is 0 Å². The molecular weight excluding hydrogens is 238 g/mol. The van der Waals surface area contributed by atoms with E-state index in [1.165, 1.54) is 45.2 Å². The van der Waals surface area contributed by atoms with Crippen molar-refractivity contribution in [2.75, 3.05) is 18.4 Å². The Bertz CT molecular complexity index is 149. The Hall–Kier alpha value is 0.440. The third-order valence-corrected chi connectivity index (χ3v) is 4.12. The van der Waals surface area contributed by atoms with E-state index in [9.17, 15) is 0 Å². The summed E-state index contributed by atoms with van der Waals surface area (Å²) in [7, 11) is 0. The minimum atomic E-state index is 0.802. The molecule has 0 spiro atoms. The molecule has 2 unspecified atom stereocenters. The van der Waals surface area contributed by atoms with Gasteiger partial charge in [-0.05, 0) is 31.8 Å². The highest BCUT2D eigenvalue weighted by Crippen LogP contribution is 2.25. The van der Waals surface area contributed by atoms with Gasteiger partial charge in [0.15, 0.2) is 0 Å². The normalized spacial score (nSPS) is 28.5. The van der Waals surface area contributed by atoms with Crippen LogP contribution < -0.4 is 0 Å². The first-order chi connectivity index (χ1) is 6.79. The Morgan fingerprint density at radius 1 is 1.29 bits per heavy atom. The zero-order valence-corrected chi connectivity index (χ0v) is 11.2. The summed E-state index contributed by atoms with van der Waals surface area (Å²) in [6.07, 6.45) is 6.95. The van der Waals surface area contributed by atoms with Gasteiger partial charge in [-0.3, -0.25) is 4.90 Å². The summed E-state index contributed by atoms with van der Waals surface area (Å²) in [5.74, 6) is 0.889. The monoisotopic (exact) mass is 261 g/mol. The van der Waals surface area contributed by atoms with Gasteiger partial charge in [-0.25, -0.2) is 0 Å². The van der Waals surface area contributed by atoms with Crippen LogP contribution in [0.2, 0.25) is 0 Å². The van der Waals surface area contributed by atoms with Crippen molar-refractivity contribution < 1.29 is 0 Å². The fraction of sp³-hybridized carbons (Fsp3) is 1.00. The molecule has 1 heterocycles. The van der Waals surface area contributed by atoms with Crippen LogP contribution in [0.5, 0.6) is 0 Å². The first-order valence-electron chi connectivity index (χ1n) is 6.09. The van der Waals surface area contributed by atoms with Crippen LogP contribution >= 0.6 is 15.9 Å². The van der Waals surface area contributed by atoms with Crippen LogP contribution in [0.15, 0.2) is 0 Å². The van der Waals surface area contributed by atoms with Crippen molar-refractivity contribution >= 4 is 15.9 Å². The quantitative estimate of drug-likeness (QED) is 0.521. The van der Waals surface area contributed by atoms with E-state index in [1.807, 2.05) is 0 Å². The molecule has 1 nitrogen and oxygen atoms in total. The zero-order chi connectivity index (χ0) is 10.4. The van der Waals surface area contributed by atoms with Gasteiger partial charge in [-0.15, -0.1) is 0 Å². The van der Waals surface area contributed by atoms with Crippen LogP contribution in [-0.4, -0.2) is 29.4 Å². The summed E-state index contributed by atoms with van der Waals surface area (Å²) in [5, 5.41) is 1.15. The smallest absolute Gasteiger partial charge is 0.0218 e. The number of hydrogen-bond acceptors (Lipinski definition) is 1. The van der Waals surface area contributed by atoms with Crippen molar-refractivity contribution in [3.8, 4) is 0 Å². The van der Waals surface area contributed by atoms with E-state index in [0.29, 0.717) is 0 Å². The Morgan fingerprint density at radius 3 is 2.71 bits per heavy atom. The lowest BCUT2D eigenvalue weighted by Crippen LogP contribution is -2.34. The van der Waals surface area contributed by atoms with Gasteiger partial charge >= 0.3 is 0 Å². The molecule has 2 heteroatoms. The summed E-state index contributed by atoms with van der Waals surface area (Å²) in [5.41, 5.74) is 0. The molecular formula is C12H24BrN. The molecule has 1 aliphatic rings.